The van der Waals surface area contributed by atoms with Crippen LogP contribution in [0.25, 0.3) is 0 Å². The molecule has 6 unspecified atom stereocenters. The summed E-state index contributed by atoms with van der Waals surface area (Å²) in [5, 5.41) is 19.2. The third-order valence-electron chi connectivity index (χ3n) is 9.30. The van der Waals surface area contributed by atoms with Gasteiger partial charge in [-0.25, -0.2) is 0 Å². The predicted molar refractivity (Wildman–Crippen MR) is 166 cm³/mol. The van der Waals surface area contributed by atoms with Crippen LogP contribution in [-0.2, 0) is 27.8 Å². The Morgan fingerprint density at radius 1 is 0.812 bits per heavy atom. The highest BCUT2D eigenvalue weighted by Crippen LogP contribution is 2.78. The number of likely N-dealkylation sites (tertiary alicyclic amines) is 2. The van der Waals surface area contributed by atoms with Gasteiger partial charge in [0.05, 0.1) is 35.3 Å². The number of rotatable bonds is 7. The molecule has 0 bridgehead atoms. The molecular weight excluding hydrogens is 662 g/mol. The molecule has 0 aromatic heterocycles. The molecule has 2 aromatic carbocycles. The highest BCUT2D eigenvalue weighted by atomic mass is 32.1. The molecule has 4 aliphatic heterocycles. The fourth-order valence-electron chi connectivity index (χ4n) is 7.02. The Morgan fingerprint density at radius 2 is 1.23 bits per heavy atom. The van der Waals surface area contributed by atoms with Gasteiger partial charge in [-0.15, -0.1) is 0 Å². The van der Waals surface area contributed by atoms with E-state index in [9.17, 15) is 39.0 Å². The lowest BCUT2D eigenvalue weighted by Gasteiger charge is -2.50. The summed E-state index contributed by atoms with van der Waals surface area (Å²) in [6.07, 6.45) is -1.63. The maximum atomic E-state index is 14.0. The molecule has 4 aliphatic rings. The van der Waals surface area contributed by atoms with E-state index in [0.717, 1.165) is 0 Å². The second-order valence-electron chi connectivity index (χ2n) is 13.4. The third-order valence-corrected chi connectivity index (χ3v) is 13.3. The molecule has 1 N–H and O–H groups in total. The van der Waals surface area contributed by atoms with Gasteiger partial charge in [-0.05, 0) is 76.9 Å². The molecule has 0 aliphatic carbocycles. The molecule has 4 heterocycles. The molecule has 254 valence electrons. The number of carbonyl (C=O) groups excluding carboxylic acids is 2. The standard InChI is InChI=1S/C32H36N4O10P2/c1-31(2)29(27(35-13-5-7-25(35)37)21-15-19(17-33)9-11-23(21)43-31)45-47(39,40)48(41,42)46-30-28(36-14-6-8-26(36)38)22-16-20(18-34)10-12-24(22)44-32(30,3)4/h9-12,15-16,27-30H,5-8,13-14H2,1-4H3,(H,39,40)(H,41,42)/p-1. The summed E-state index contributed by atoms with van der Waals surface area (Å²) >= 11 is 0. The van der Waals surface area contributed by atoms with E-state index in [1.807, 2.05) is 12.1 Å². The first-order valence-corrected chi connectivity index (χ1v) is 19.4. The fourth-order valence-corrected chi connectivity index (χ4v) is 9.89. The molecule has 2 aromatic rings. The van der Waals surface area contributed by atoms with Crippen molar-refractivity contribution in [3.05, 3.63) is 58.7 Å². The van der Waals surface area contributed by atoms with Gasteiger partial charge in [-0.3, -0.25) is 23.2 Å². The van der Waals surface area contributed by atoms with Crippen molar-refractivity contribution in [1.29, 1.82) is 10.5 Å². The fraction of sp³-hybridized carbons (Fsp3) is 0.500. The van der Waals surface area contributed by atoms with Crippen LogP contribution < -0.4 is 14.4 Å². The van der Waals surface area contributed by atoms with Crippen molar-refractivity contribution in [2.24, 2.45) is 0 Å². The Bertz CT molecular complexity index is 1730. The summed E-state index contributed by atoms with van der Waals surface area (Å²) in [5.74, 6) is 0.0665. The molecule has 16 heteroatoms. The van der Waals surface area contributed by atoms with Crippen molar-refractivity contribution in [1.82, 2.24) is 9.80 Å². The highest BCUT2D eigenvalue weighted by Gasteiger charge is 2.57. The first-order valence-electron chi connectivity index (χ1n) is 15.6. The Hall–Kier alpha value is -3.74. The van der Waals surface area contributed by atoms with Crippen LogP contribution >= 0.6 is 14.6 Å². The van der Waals surface area contributed by atoms with Crippen LogP contribution in [0.4, 0.5) is 0 Å². The van der Waals surface area contributed by atoms with Crippen molar-refractivity contribution in [2.75, 3.05) is 13.1 Å². The maximum absolute atomic E-state index is 14.0. The summed E-state index contributed by atoms with van der Waals surface area (Å²) in [4.78, 5) is 54.3. The van der Waals surface area contributed by atoms with Crippen LogP contribution in [0.3, 0.4) is 0 Å². The average molecular weight is 698 g/mol. The van der Waals surface area contributed by atoms with Crippen LogP contribution in [0, 0.1) is 22.7 Å². The number of nitriles is 2. The van der Waals surface area contributed by atoms with Gasteiger partial charge in [-0.2, -0.15) is 10.5 Å². The summed E-state index contributed by atoms with van der Waals surface area (Å²) in [6.45, 7) is 6.67. The summed E-state index contributed by atoms with van der Waals surface area (Å²) in [7, 11) is -11.7. The highest BCUT2D eigenvalue weighted by molar-refractivity contribution is 8.26. The molecule has 6 atom stereocenters. The number of amides is 2. The summed E-state index contributed by atoms with van der Waals surface area (Å²) < 4.78 is 51.7. The minimum Gasteiger partial charge on any atom is -0.770 e. The summed E-state index contributed by atoms with van der Waals surface area (Å²) in [5.41, 5.74) is -1.79. The smallest absolute Gasteiger partial charge is 0.396 e. The molecule has 0 radical (unpaired) electrons. The topological polar surface area (TPSA) is 203 Å². The van der Waals surface area contributed by atoms with E-state index < -0.39 is 50.1 Å². The first kappa shape index (κ1) is 34.1. The molecule has 0 spiro atoms. The van der Waals surface area contributed by atoms with Gasteiger partial charge in [0, 0.05) is 37.1 Å². The SMILES string of the molecule is CC1(C)Oc2ccc(C#N)cc2C(N2CCCC2=O)C1OP(=O)([O-])P(=O)(O)OC1C(N2CCCC2=O)c2cc(C#N)ccc2OC1(C)C. The molecule has 2 fully saturated rings. The van der Waals surface area contributed by atoms with Gasteiger partial charge < -0.3 is 33.6 Å². The number of fused-ring (bicyclic) bond motifs is 2. The second kappa shape index (κ2) is 12.0. The van der Waals surface area contributed by atoms with Crippen molar-refractivity contribution in [2.45, 2.75) is 88.9 Å². The molecule has 2 saturated heterocycles. The van der Waals surface area contributed by atoms with Gasteiger partial charge in [0.15, 0.2) is 0 Å². The van der Waals surface area contributed by atoms with E-state index in [1.165, 1.54) is 47.9 Å². The van der Waals surface area contributed by atoms with E-state index in [1.54, 1.807) is 26.0 Å². The van der Waals surface area contributed by atoms with Crippen LogP contribution in [0.1, 0.15) is 87.7 Å². The van der Waals surface area contributed by atoms with E-state index in [-0.39, 0.29) is 48.9 Å². The van der Waals surface area contributed by atoms with Crippen molar-refractivity contribution in [3.8, 4) is 23.6 Å². The first-order chi connectivity index (χ1) is 22.5. The van der Waals surface area contributed by atoms with Crippen LogP contribution in [0.2, 0.25) is 0 Å². The Balaban J connectivity index is 1.39. The maximum Gasteiger partial charge on any atom is 0.396 e. The lowest BCUT2D eigenvalue weighted by Crippen LogP contribution is -2.55. The van der Waals surface area contributed by atoms with E-state index >= 15 is 0 Å². The Morgan fingerprint density at radius 3 is 1.60 bits per heavy atom. The van der Waals surface area contributed by atoms with Crippen LogP contribution in [0.15, 0.2) is 36.4 Å². The number of hydrogen-bond acceptors (Lipinski definition) is 11. The van der Waals surface area contributed by atoms with Gasteiger partial charge in [0.1, 0.15) is 34.9 Å². The largest absolute Gasteiger partial charge is 0.770 e. The number of hydrogen-bond donors (Lipinski definition) is 1. The van der Waals surface area contributed by atoms with Crippen molar-refractivity contribution < 1.29 is 47.0 Å². The molecule has 48 heavy (non-hydrogen) atoms. The van der Waals surface area contributed by atoms with Crippen LogP contribution in [-0.4, -0.2) is 63.0 Å². The average Bonchev–Trinajstić information content (AvgIpc) is 3.64. The quantitative estimate of drug-likeness (QED) is 0.404. The van der Waals surface area contributed by atoms with E-state index in [2.05, 4.69) is 0 Å². The number of benzene rings is 2. The zero-order valence-corrected chi connectivity index (χ0v) is 28.6. The van der Waals surface area contributed by atoms with Gasteiger partial charge >= 0.3 is 7.28 Å². The van der Waals surface area contributed by atoms with Gasteiger partial charge in [-0.1, -0.05) is 0 Å². The zero-order chi connectivity index (χ0) is 34.8. The summed E-state index contributed by atoms with van der Waals surface area (Å²) in [6, 6.07) is 11.0. The third kappa shape index (κ3) is 5.81. The zero-order valence-electron chi connectivity index (χ0n) is 26.8. The molecule has 6 rings (SSSR count). The van der Waals surface area contributed by atoms with E-state index in [0.29, 0.717) is 35.5 Å². The van der Waals surface area contributed by atoms with Crippen molar-refractivity contribution >= 4 is 26.4 Å². The monoisotopic (exact) mass is 697 g/mol. The normalized spacial score (nSPS) is 28.2. The predicted octanol–water partition coefficient (Wildman–Crippen LogP) is 4.22. The minimum absolute atomic E-state index is 0.205. The molecule has 0 saturated carbocycles. The molecular formula is C32H35N4O10P2-. The lowest BCUT2D eigenvalue weighted by molar-refractivity contribution is -0.209. The Labute approximate surface area is 277 Å². The minimum atomic E-state index is -5.92. The molecule has 2 amide bonds. The van der Waals surface area contributed by atoms with Crippen LogP contribution in [0.5, 0.6) is 11.5 Å². The molecule has 14 nitrogen and oxygen atoms in total. The van der Waals surface area contributed by atoms with Gasteiger partial charge in [0.2, 0.25) is 19.1 Å². The van der Waals surface area contributed by atoms with Gasteiger partial charge in [0.25, 0.3) is 0 Å². The number of ether oxygens (including phenoxy) is 2. The second-order valence-corrected chi connectivity index (χ2v) is 18.7. The Kier molecular flexibility index (Phi) is 8.53. The van der Waals surface area contributed by atoms with E-state index in [4.69, 9.17) is 18.5 Å². The number of nitrogens with zero attached hydrogens (tertiary/aromatic N) is 4. The lowest BCUT2D eigenvalue weighted by atomic mass is 9.85. The number of carbonyl (C=O) groups is 2. The van der Waals surface area contributed by atoms with Crippen molar-refractivity contribution in [3.63, 3.8) is 0 Å².